The number of piperidine rings is 1. The number of hydrogen-bond acceptors (Lipinski definition) is 3. The second-order valence-corrected chi connectivity index (χ2v) is 6.82. The van der Waals surface area contributed by atoms with Crippen molar-refractivity contribution in [2.24, 2.45) is 0 Å². The van der Waals surface area contributed by atoms with Gasteiger partial charge in [0.15, 0.2) is 0 Å². The van der Waals surface area contributed by atoms with E-state index in [-0.39, 0.29) is 0 Å². The summed E-state index contributed by atoms with van der Waals surface area (Å²) in [6.45, 7) is 4.25. The molecule has 0 aromatic heterocycles. The van der Waals surface area contributed by atoms with Gasteiger partial charge in [0.05, 0.1) is 0 Å². The lowest BCUT2D eigenvalue weighted by Gasteiger charge is -2.32. The van der Waals surface area contributed by atoms with Crippen molar-refractivity contribution < 1.29 is 4.21 Å². The highest BCUT2D eigenvalue weighted by Gasteiger charge is 2.18. The molecule has 1 N–H and O–H groups in total. The molecule has 0 bridgehead atoms. The summed E-state index contributed by atoms with van der Waals surface area (Å²) in [5.41, 5.74) is 1.40. The Bertz CT molecular complexity index is 388. The van der Waals surface area contributed by atoms with Gasteiger partial charge in [-0.25, -0.2) is 0 Å². The van der Waals surface area contributed by atoms with Crippen molar-refractivity contribution in [3.63, 3.8) is 0 Å². The maximum Gasteiger partial charge on any atom is 0.0357 e. The van der Waals surface area contributed by atoms with Crippen molar-refractivity contribution in [2.75, 3.05) is 31.6 Å². The third-order valence-corrected chi connectivity index (χ3v) is 4.44. The second kappa shape index (κ2) is 7.78. The average molecular weight is 280 g/mol. The van der Waals surface area contributed by atoms with Gasteiger partial charge in [-0.05, 0) is 31.5 Å². The van der Waals surface area contributed by atoms with E-state index in [4.69, 9.17) is 0 Å². The standard InChI is InChI=1S/C15H24N2OS/c1-19(18)12-9-16-15-7-10-17(11-8-15)13-14-5-3-2-4-6-14/h2-6,15-16H,7-13H2,1H3. The van der Waals surface area contributed by atoms with Crippen molar-refractivity contribution >= 4 is 10.8 Å². The van der Waals surface area contributed by atoms with Gasteiger partial charge in [-0.2, -0.15) is 0 Å². The topological polar surface area (TPSA) is 32.3 Å². The van der Waals surface area contributed by atoms with Crippen LogP contribution in [0.4, 0.5) is 0 Å². The predicted molar refractivity (Wildman–Crippen MR) is 81.7 cm³/mol. The SMILES string of the molecule is CS(=O)CCNC1CCN(Cc2ccccc2)CC1. The summed E-state index contributed by atoms with van der Waals surface area (Å²) in [4.78, 5) is 2.52. The highest BCUT2D eigenvalue weighted by atomic mass is 32.2. The van der Waals surface area contributed by atoms with Crippen molar-refractivity contribution in [2.45, 2.75) is 25.4 Å². The first-order chi connectivity index (χ1) is 9.24. The molecule has 0 radical (unpaired) electrons. The third kappa shape index (κ3) is 5.43. The predicted octanol–water partition coefficient (Wildman–Crippen LogP) is 1.62. The molecule has 2 rings (SSSR count). The Morgan fingerprint density at radius 2 is 1.95 bits per heavy atom. The van der Waals surface area contributed by atoms with Gasteiger partial charge < -0.3 is 5.32 Å². The highest BCUT2D eigenvalue weighted by Crippen LogP contribution is 2.13. The molecule has 106 valence electrons. The lowest BCUT2D eigenvalue weighted by molar-refractivity contribution is 0.192. The molecule has 19 heavy (non-hydrogen) atoms. The van der Waals surface area contributed by atoms with Gasteiger partial charge in [-0.1, -0.05) is 30.3 Å². The van der Waals surface area contributed by atoms with Crippen LogP contribution in [-0.2, 0) is 17.3 Å². The molecule has 1 aliphatic heterocycles. The number of benzene rings is 1. The zero-order valence-electron chi connectivity index (χ0n) is 11.7. The maximum absolute atomic E-state index is 11.0. The largest absolute Gasteiger partial charge is 0.313 e. The van der Waals surface area contributed by atoms with E-state index in [1.807, 2.05) is 0 Å². The van der Waals surface area contributed by atoms with E-state index in [2.05, 4.69) is 40.5 Å². The second-order valence-electron chi connectivity index (χ2n) is 5.27. The van der Waals surface area contributed by atoms with E-state index < -0.39 is 10.8 Å². The zero-order chi connectivity index (χ0) is 13.5. The lowest BCUT2D eigenvalue weighted by atomic mass is 10.0. The van der Waals surface area contributed by atoms with Crippen LogP contribution in [0.15, 0.2) is 30.3 Å². The van der Waals surface area contributed by atoms with Crippen LogP contribution >= 0.6 is 0 Å². The summed E-state index contributed by atoms with van der Waals surface area (Å²) < 4.78 is 11.0. The Hall–Kier alpha value is -0.710. The Morgan fingerprint density at radius 1 is 1.26 bits per heavy atom. The molecule has 1 aromatic carbocycles. The van der Waals surface area contributed by atoms with Gasteiger partial charge in [-0.3, -0.25) is 9.11 Å². The Morgan fingerprint density at radius 3 is 2.58 bits per heavy atom. The van der Waals surface area contributed by atoms with Crippen molar-refractivity contribution in [3.8, 4) is 0 Å². The van der Waals surface area contributed by atoms with Crippen molar-refractivity contribution in [1.82, 2.24) is 10.2 Å². The molecule has 0 aliphatic carbocycles. The van der Waals surface area contributed by atoms with Crippen LogP contribution in [0.1, 0.15) is 18.4 Å². The molecule has 1 atom stereocenters. The van der Waals surface area contributed by atoms with Crippen LogP contribution in [0, 0.1) is 0 Å². The minimum absolute atomic E-state index is 0.607. The van der Waals surface area contributed by atoms with Gasteiger partial charge in [0.2, 0.25) is 0 Å². The number of likely N-dealkylation sites (tertiary alicyclic amines) is 1. The fraction of sp³-hybridized carbons (Fsp3) is 0.600. The molecule has 1 unspecified atom stereocenters. The van der Waals surface area contributed by atoms with Gasteiger partial charge in [-0.15, -0.1) is 0 Å². The van der Waals surface area contributed by atoms with Gasteiger partial charge >= 0.3 is 0 Å². The Labute approximate surface area is 118 Å². The zero-order valence-corrected chi connectivity index (χ0v) is 12.5. The normalized spacial score (nSPS) is 19.4. The van der Waals surface area contributed by atoms with Gasteiger partial charge in [0.1, 0.15) is 0 Å². The van der Waals surface area contributed by atoms with Crippen LogP contribution < -0.4 is 5.32 Å². The lowest BCUT2D eigenvalue weighted by Crippen LogP contribution is -2.43. The van der Waals surface area contributed by atoms with Crippen molar-refractivity contribution in [1.29, 1.82) is 0 Å². The molecule has 1 aliphatic rings. The first-order valence-corrected chi connectivity index (χ1v) is 8.76. The van der Waals surface area contributed by atoms with E-state index in [1.54, 1.807) is 6.26 Å². The quantitative estimate of drug-likeness (QED) is 0.859. The highest BCUT2D eigenvalue weighted by molar-refractivity contribution is 7.84. The number of hydrogen-bond donors (Lipinski definition) is 1. The smallest absolute Gasteiger partial charge is 0.0357 e. The minimum atomic E-state index is -0.676. The molecule has 1 aromatic rings. The molecule has 3 nitrogen and oxygen atoms in total. The van der Waals surface area contributed by atoms with E-state index in [9.17, 15) is 4.21 Å². The number of rotatable bonds is 6. The van der Waals surface area contributed by atoms with Crippen LogP contribution in [0.5, 0.6) is 0 Å². The molecular weight excluding hydrogens is 256 g/mol. The van der Waals surface area contributed by atoms with E-state index in [1.165, 1.54) is 18.4 Å². The summed E-state index contributed by atoms with van der Waals surface area (Å²) in [6.07, 6.45) is 4.16. The molecular formula is C15H24N2OS. The fourth-order valence-electron chi connectivity index (χ4n) is 2.54. The van der Waals surface area contributed by atoms with Crippen molar-refractivity contribution in [3.05, 3.63) is 35.9 Å². The summed E-state index contributed by atoms with van der Waals surface area (Å²) in [6, 6.07) is 11.3. The first-order valence-electron chi connectivity index (χ1n) is 7.04. The molecule has 0 saturated carbocycles. The van der Waals surface area contributed by atoms with Crippen LogP contribution in [0.25, 0.3) is 0 Å². The molecule has 1 saturated heterocycles. The Balaban J connectivity index is 1.66. The van der Waals surface area contributed by atoms with Gasteiger partial charge in [0.25, 0.3) is 0 Å². The number of nitrogens with zero attached hydrogens (tertiary/aromatic N) is 1. The summed E-state index contributed by atoms with van der Waals surface area (Å²) in [5.74, 6) is 0.768. The fourth-order valence-corrected chi connectivity index (χ4v) is 2.95. The van der Waals surface area contributed by atoms with E-state index >= 15 is 0 Å². The average Bonchev–Trinajstić information content (AvgIpc) is 2.42. The third-order valence-electron chi connectivity index (χ3n) is 3.66. The van der Waals surface area contributed by atoms with E-state index in [0.29, 0.717) is 6.04 Å². The summed E-state index contributed by atoms with van der Waals surface area (Å²) >= 11 is 0. The summed E-state index contributed by atoms with van der Waals surface area (Å²) in [5, 5.41) is 3.52. The summed E-state index contributed by atoms with van der Waals surface area (Å²) in [7, 11) is -0.676. The minimum Gasteiger partial charge on any atom is -0.313 e. The molecule has 4 heteroatoms. The molecule has 1 fully saturated rings. The molecule has 0 spiro atoms. The first kappa shape index (κ1) is 14.7. The van der Waals surface area contributed by atoms with Crippen LogP contribution in [0.3, 0.4) is 0 Å². The monoisotopic (exact) mass is 280 g/mol. The van der Waals surface area contributed by atoms with Gasteiger partial charge in [0, 0.05) is 41.9 Å². The Kier molecular flexibility index (Phi) is 6.01. The molecule has 1 heterocycles. The maximum atomic E-state index is 11.0. The van der Waals surface area contributed by atoms with Crippen LogP contribution in [-0.4, -0.2) is 46.8 Å². The molecule has 0 amide bonds. The number of nitrogens with one attached hydrogen (secondary N) is 1. The van der Waals surface area contributed by atoms with Crippen LogP contribution in [0.2, 0.25) is 0 Å². The van der Waals surface area contributed by atoms with E-state index in [0.717, 1.165) is 31.9 Å².